The van der Waals surface area contributed by atoms with E-state index in [0.717, 1.165) is 6.07 Å². The second-order valence-corrected chi connectivity index (χ2v) is 6.25. The summed E-state index contributed by atoms with van der Waals surface area (Å²) < 4.78 is 31.9. The first-order chi connectivity index (χ1) is 10.4. The Balaban J connectivity index is 1.95. The third-order valence-electron chi connectivity index (χ3n) is 2.70. The third kappa shape index (κ3) is 4.06. The Morgan fingerprint density at radius 2 is 2.09 bits per heavy atom. The summed E-state index contributed by atoms with van der Waals surface area (Å²) in [7, 11) is -3.87. The second-order valence-electron chi connectivity index (χ2n) is 4.52. The van der Waals surface area contributed by atoms with Crippen molar-refractivity contribution in [2.45, 2.75) is 18.1 Å². The molecule has 0 spiro atoms. The van der Waals surface area contributed by atoms with Crippen LogP contribution in [0.25, 0.3) is 0 Å². The van der Waals surface area contributed by atoms with E-state index in [2.05, 4.69) is 14.9 Å². The summed E-state index contributed by atoms with van der Waals surface area (Å²) in [6.07, 6.45) is -0.404. The van der Waals surface area contributed by atoms with Crippen molar-refractivity contribution in [2.24, 2.45) is 0 Å². The maximum Gasteiger partial charge on any atom is 0.356 e. The Morgan fingerprint density at radius 3 is 2.68 bits per heavy atom. The average molecular weight is 325 g/mol. The number of rotatable bonds is 7. The number of ether oxygens (including phenoxy) is 1. The van der Waals surface area contributed by atoms with Crippen molar-refractivity contribution < 1.29 is 23.1 Å². The Bertz CT molecular complexity index is 742. The van der Waals surface area contributed by atoms with Gasteiger partial charge >= 0.3 is 5.97 Å². The van der Waals surface area contributed by atoms with Gasteiger partial charge in [-0.2, -0.15) is 5.10 Å². The van der Waals surface area contributed by atoms with E-state index < -0.39 is 22.1 Å². The number of aromatic carboxylic acids is 1. The van der Waals surface area contributed by atoms with E-state index in [9.17, 15) is 13.2 Å². The lowest BCUT2D eigenvalue weighted by molar-refractivity contribution is 0.0690. The van der Waals surface area contributed by atoms with Gasteiger partial charge in [0, 0.05) is 12.6 Å². The van der Waals surface area contributed by atoms with Crippen molar-refractivity contribution >= 4 is 16.0 Å². The van der Waals surface area contributed by atoms with Crippen LogP contribution in [0.3, 0.4) is 0 Å². The number of aromatic amines is 1. The predicted octanol–water partition coefficient (Wildman–Crippen LogP) is 0.854. The largest absolute Gasteiger partial charge is 0.489 e. The van der Waals surface area contributed by atoms with Gasteiger partial charge in [0.05, 0.1) is 0 Å². The fraction of sp³-hybridized carbons (Fsp3) is 0.231. The molecule has 0 fully saturated rings. The minimum absolute atomic E-state index is 0.0264. The molecule has 1 atom stereocenters. The summed E-state index contributed by atoms with van der Waals surface area (Å²) >= 11 is 0. The van der Waals surface area contributed by atoms with Crippen LogP contribution >= 0.6 is 0 Å². The van der Waals surface area contributed by atoms with Gasteiger partial charge in [-0.25, -0.2) is 17.9 Å². The lowest BCUT2D eigenvalue weighted by Crippen LogP contribution is -2.33. The normalized spacial score (nSPS) is 12.8. The number of nitrogens with zero attached hydrogens (tertiary/aromatic N) is 1. The SMILES string of the molecule is CC(CNS(=O)(=O)c1cc(C(=O)O)n[nH]1)Oc1ccccc1. The maximum atomic E-state index is 12.0. The minimum atomic E-state index is -3.87. The van der Waals surface area contributed by atoms with E-state index in [4.69, 9.17) is 9.84 Å². The van der Waals surface area contributed by atoms with Crippen LogP contribution in [0, 0.1) is 0 Å². The smallest absolute Gasteiger partial charge is 0.356 e. The Morgan fingerprint density at radius 1 is 1.41 bits per heavy atom. The van der Waals surface area contributed by atoms with E-state index in [0.29, 0.717) is 5.75 Å². The summed E-state index contributed by atoms with van der Waals surface area (Å²) in [6, 6.07) is 9.94. The zero-order chi connectivity index (χ0) is 16.2. The molecule has 2 aromatic rings. The zero-order valence-electron chi connectivity index (χ0n) is 11.7. The summed E-state index contributed by atoms with van der Waals surface area (Å²) in [5, 5.41) is 14.0. The molecular weight excluding hydrogens is 310 g/mol. The van der Waals surface area contributed by atoms with E-state index >= 15 is 0 Å². The van der Waals surface area contributed by atoms with E-state index in [1.165, 1.54) is 0 Å². The fourth-order valence-corrected chi connectivity index (χ4v) is 2.67. The fourth-order valence-electron chi connectivity index (χ4n) is 1.63. The Kier molecular flexibility index (Phi) is 4.78. The number of sulfonamides is 1. The van der Waals surface area contributed by atoms with Gasteiger partial charge in [0.2, 0.25) is 0 Å². The quantitative estimate of drug-likeness (QED) is 0.694. The standard InChI is InChI=1S/C13H15N3O5S/c1-9(21-10-5-3-2-4-6-10)8-14-22(19,20)12-7-11(13(17)18)15-16-12/h2-7,9,14H,8H2,1H3,(H,15,16)(H,17,18). The van der Waals surface area contributed by atoms with Crippen LogP contribution < -0.4 is 9.46 Å². The molecule has 0 saturated carbocycles. The molecular formula is C13H15N3O5S. The van der Waals surface area contributed by atoms with Crippen LogP contribution in [0.5, 0.6) is 5.75 Å². The molecule has 9 heteroatoms. The minimum Gasteiger partial charge on any atom is -0.489 e. The molecule has 1 unspecified atom stereocenters. The number of benzene rings is 1. The molecule has 0 aliphatic rings. The van der Waals surface area contributed by atoms with Gasteiger partial charge < -0.3 is 9.84 Å². The highest BCUT2D eigenvalue weighted by Gasteiger charge is 2.20. The van der Waals surface area contributed by atoms with Gasteiger partial charge in [0.1, 0.15) is 11.9 Å². The van der Waals surface area contributed by atoms with Crippen LogP contribution in [0.2, 0.25) is 0 Å². The molecule has 1 aromatic heterocycles. The molecule has 0 bridgehead atoms. The van der Waals surface area contributed by atoms with Gasteiger partial charge in [-0.3, -0.25) is 5.10 Å². The molecule has 0 aliphatic heterocycles. The van der Waals surface area contributed by atoms with Crippen molar-refractivity contribution in [3.63, 3.8) is 0 Å². The molecule has 8 nitrogen and oxygen atoms in total. The number of hydrogen-bond donors (Lipinski definition) is 3. The molecule has 2 rings (SSSR count). The van der Waals surface area contributed by atoms with Crippen LogP contribution in [-0.4, -0.2) is 42.3 Å². The van der Waals surface area contributed by atoms with Crippen molar-refractivity contribution in [1.29, 1.82) is 0 Å². The first-order valence-electron chi connectivity index (χ1n) is 6.38. The first-order valence-corrected chi connectivity index (χ1v) is 7.87. The average Bonchev–Trinajstić information content (AvgIpc) is 2.97. The van der Waals surface area contributed by atoms with Crippen LogP contribution in [0.15, 0.2) is 41.4 Å². The molecule has 0 radical (unpaired) electrons. The summed E-state index contributed by atoms with van der Waals surface area (Å²) in [5.41, 5.74) is -0.367. The van der Waals surface area contributed by atoms with Crippen LogP contribution in [0.1, 0.15) is 17.4 Å². The lowest BCUT2D eigenvalue weighted by atomic mass is 10.3. The number of nitrogens with one attached hydrogen (secondary N) is 2. The molecule has 0 amide bonds. The summed E-state index contributed by atoms with van der Waals surface area (Å²) in [4.78, 5) is 10.7. The molecule has 1 heterocycles. The summed E-state index contributed by atoms with van der Waals surface area (Å²) in [6.45, 7) is 1.74. The van der Waals surface area contributed by atoms with Gasteiger partial charge in [-0.1, -0.05) is 18.2 Å². The molecule has 0 aliphatic carbocycles. The number of H-pyrrole nitrogens is 1. The highest BCUT2D eigenvalue weighted by atomic mass is 32.2. The van der Waals surface area contributed by atoms with Crippen molar-refractivity contribution in [3.05, 3.63) is 42.1 Å². The molecule has 0 saturated heterocycles. The number of aromatic nitrogens is 2. The maximum absolute atomic E-state index is 12.0. The van der Waals surface area contributed by atoms with E-state index in [1.54, 1.807) is 19.1 Å². The molecule has 1 aromatic carbocycles. The third-order valence-corrected chi connectivity index (χ3v) is 4.04. The number of carbonyl (C=O) groups is 1. The van der Waals surface area contributed by atoms with Crippen LogP contribution in [0.4, 0.5) is 0 Å². The van der Waals surface area contributed by atoms with Crippen molar-refractivity contribution in [3.8, 4) is 5.75 Å². The van der Waals surface area contributed by atoms with Gasteiger partial charge in [-0.05, 0) is 19.1 Å². The number of hydrogen-bond acceptors (Lipinski definition) is 5. The zero-order valence-corrected chi connectivity index (χ0v) is 12.5. The molecule has 3 N–H and O–H groups in total. The topological polar surface area (TPSA) is 121 Å². The Hall–Kier alpha value is -2.39. The molecule has 22 heavy (non-hydrogen) atoms. The van der Waals surface area contributed by atoms with E-state index in [1.807, 2.05) is 18.2 Å². The number of para-hydroxylation sites is 1. The second kappa shape index (κ2) is 6.58. The monoisotopic (exact) mass is 325 g/mol. The summed E-state index contributed by atoms with van der Waals surface area (Å²) in [5.74, 6) is -0.678. The van der Waals surface area contributed by atoms with Gasteiger partial charge in [-0.15, -0.1) is 0 Å². The lowest BCUT2D eigenvalue weighted by Gasteiger charge is -2.15. The van der Waals surface area contributed by atoms with Gasteiger partial charge in [0.25, 0.3) is 10.0 Å². The van der Waals surface area contributed by atoms with E-state index in [-0.39, 0.29) is 17.3 Å². The molecule has 118 valence electrons. The first kappa shape index (κ1) is 16.0. The predicted molar refractivity (Wildman–Crippen MR) is 77.3 cm³/mol. The highest BCUT2D eigenvalue weighted by Crippen LogP contribution is 2.11. The van der Waals surface area contributed by atoms with Crippen LogP contribution in [-0.2, 0) is 10.0 Å². The number of carboxylic acid groups (broad SMARTS) is 1. The van der Waals surface area contributed by atoms with Crippen molar-refractivity contribution in [1.82, 2.24) is 14.9 Å². The Labute approximate surface area is 127 Å². The number of carboxylic acids is 1. The highest BCUT2D eigenvalue weighted by molar-refractivity contribution is 7.89. The van der Waals surface area contributed by atoms with Crippen molar-refractivity contribution in [2.75, 3.05) is 6.54 Å². The van der Waals surface area contributed by atoms with Gasteiger partial charge in [0.15, 0.2) is 10.7 Å².